The molecule has 3 heterocycles. The minimum absolute atomic E-state index is 0.0356. The van der Waals surface area contributed by atoms with Crippen LogP contribution in [0, 0.1) is 5.92 Å². The molecule has 0 spiro atoms. The Kier molecular flexibility index (Phi) is 3.08. The second kappa shape index (κ2) is 4.59. The molecule has 8 heteroatoms. The van der Waals surface area contributed by atoms with E-state index in [2.05, 4.69) is 37.5 Å². The van der Waals surface area contributed by atoms with Gasteiger partial charge in [-0.3, -0.25) is 4.57 Å². The number of ether oxygens (including phenoxy) is 1. The van der Waals surface area contributed by atoms with Crippen molar-refractivity contribution in [2.75, 3.05) is 16.8 Å². The summed E-state index contributed by atoms with van der Waals surface area (Å²) in [5.41, 5.74) is 6.99. The van der Waals surface area contributed by atoms with Crippen LogP contribution in [0.5, 0.6) is 0 Å². The van der Waals surface area contributed by atoms with Gasteiger partial charge in [0.1, 0.15) is 18.1 Å². The van der Waals surface area contributed by atoms with E-state index in [1.807, 2.05) is 4.57 Å². The average molecular weight is 361 g/mol. The van der Waals surface area contributed by atoms with Gasteiger partial charge >= 0.3 is 0 Å². The Morgan fingerprint density at radius 2 is 2.28 bits per heavy atom. The Bertz CT molecular complexity index is 574. The monoisotopic (exact) mass is 361 g/mol. The van der Waals surface area contributed by atoms with Crippen molar-refractivity contribution in [1.82, 2.24) is 19.5 Å². The standard InChI is InChI=1S/C10H12IN5O2/c11-1-5-6(2-17)18-10(5)16-4-15-7-8(12)13-3-14-9(7)16/h3-6,10,17H,1-2H2,(H2,12,13,14)/t5-,6+,10+/m0/s1. The lowest BCUT2D eigenvalue weighted by Crippen LogP contribution is -2.48. The van der Waals surface area contributed by atoms with Gasteiger partial charge in [0.15, 0.2) is 11.5 Å². The summed E-state index contributed by atoms with van der Waals surface area (Å²) in [6.07, 6.45) is 2.83. The van der Waals surface area contributed by atoms with E-state index in [0.29, 0.717) is 17.0 Å². The normalized spacial score (nSPS) is 27.3. The van der Waals surface area contributed by atoms with Crippen molar-refractivity contribution in [3.05, 3.63) is 12.7 Å². The second-order valence-corrected chi connectivity index (χ2v) is 5.03. The molecule has 0 aliphatic carbocycles. The van der Waals surface area contributed by atoms with E-state index in [4.69, 9.17) is 15.6 Å². The highest BCUT2D eigenvalue weighted by Gasteiger charge is 2.43. The van der Waals surface area contributed by atoms with Crippen LogP contribution in [-0.2, 0) is 4.74 Å². The van der Waals surface area contributed by atoms with Gasteiger partial charge in [-0.25, -0.2) is 15.0 Å². The summed E-state index contributed by atoms with van der Waals surface area (Å²) in [7, 11) is 0. The van der Waals surface area contributed by atoms with Crippen molar-refractivity contribution in [2.24, 2.45) is 5.92 Å². The molecule has 1 aliphatic heterocycles. The fourth-order valence-electron chi connectivity index (χ4n) is 2.16. The molecule has 0 aromatic carbocycles. The Balaban J connectivity index is 1.99. The second-order valence-electron chi connectivity index (χ2n) is 4.15. The van der Waals surface area contributed by atoms with Crippen LogP contribution in [0.15, 0.2) is 12.7 Å². The molecule has 0 amide bonds. The summed E-state index contributed by atoms with van der Waals surface area (Å²) < 4.78 is 8.40. The number of hydrogen-bond donors (Lipinski definition) is 2. The first-order valence-electron chi connectivity index (χ1n) is 5.51. The maximum absolute atomic E-state index is 9.16. The number of hydrogen-bond acceptors (Lipinski definition) is 6. The Morgan fingerprint density at radius 1 is 1.44 bits per heavy atom. The quantitative estimate of drug-likeness (QED) is 0.605. The highest BCUT2D eigenvalue weighted by Crippen LogP contribution is 2.39. The smallest absolute Gasteiger partial charge is 0.167 e. The molecule has 18 heavy (non-hydrogen) atoms. The number of anilines is 1. The zero-order valence-electron chi connectivity index (χ0n) is 9.40. The number of imidazole rings is 1. The Morgan fingerprint density at radius 3 is 3.00 bits per heavy atom. The zero-order chi connectivity index (χ0) is 12.7. The molecule has 1 fully saturated rings. The molecular weight excluding hydrogens is 349 g/mol. The first-order chi connectivity index (χ1) is 8.76. The van der Waals surface area contributed by atoms with Crippen LogP contribution in [0.25, 0.3) is 11.2 Å². The van der Waals surface area contributed by atoms with Crippen molar-refractivity contribution in [3.8, 4) is 0 Å². The lowest BCUT2D eigenvalue weighted by Gasteiger charge is -2.43. The van der Waals surface area contributed by atoms with Crippen LogP contribution < -0.4 is 5.73 Å². The van der Waals surface area contributed by atoms with Gasteiger partial charge < -0.3 is 15.6 Å². The van der Waals surface area contributed by atoms with Gasteiger partial charge in [0.25, 0.3) is 0 Å². The number of nitrogens with two attached hydrogens (primary N) is 1. The topological polar surface area (TPSA) is 99.1 Å². The van der Waals surface area contributed by atoms with Crippen molar-refractivity contribution in [2.45, 2.75) is 12.3 Å². The number of rotatable bonds is 3. The third kappa shape index (κ3) is 1.67. The van der Waals surface area contributed by atoms with Crippen molar-refractivity contribution < 1.29 is 9.84 Å². The molecule has 3 N–H and O–H groups in total. The highest BCUT2D eigenvalue weighted by atomic mass is 127. The van der Waals surface area contributed by atoms with Crippen LogP contribution in [0.2, 0.25) is 0 Å². The predicted octanol–water partition coefficient (Wildman–Crippen LogP) is 0.349. The van der Waals surface area contributed by atoms with Crippen molar-refractivity contribution in [1.29, 1.82) is 0 Å². The Hall–Kier alpha value is -1.00. The van der Waals surface area contributed by atoms with Gasteiger partial charge in [-0.05, 0) is 0 Å². The number of aliphatic hydroxyl groups excluding tert-OH is 1. The van der Waals surface area contributed by atoms with Crippen LogP contribution in [0.1, 0.15) is 6.23 Å². The summed E-state index contributed by atoms with van der Waals surface area (Å²) >= 11 is 2.29. The van der Waals surface area contributed by atoms with E-state index in [9.17, 15) is 0 Å². The van der Waals surface area contributed by atoms with Crippen molar-refractivity contribution in [3.63, 3.8) is 0 Å². The van der Waals surface area contributed by atoms with E-state index in [-0.39, 0.29) is 24.9 Å². The van der Waals surface area contributed by atoms with Gasteiger partial charge in [0.05, 0.1) is 19.0 Å². The van der Waals surface area contributed by atoms with Crippen molar-refractivity contribution >= 4 is 39.6 Å². The summed E-state index contributed by atoms with van der Waals surface area (Å²) in [5, 5.41) is 9.16. The molecule has 1 saturated heterocycles. The lowest BCUT2D eigenvalue weighted by molar-refractivity contribution is -0.224. The molecule has 2 aromatic rings. The molecule has 7 nitrogen and oxygen atoms in total. The number of nitrogen functional groups attached to an aromatic ring is 1. The maximum atomic E-state index is 9.16. The fraction of sp³-hybridized carbons (Fsp3) is 0.500. The van der Waals surface area contributed by atoms with Gasteiger partial charge in [-0.2, -0.15) is 0 Å². The zero-order valence-corrected chi connectivity index (χ0v) is 11.6. The van der Waals surface area contributed by atoms with E-state index in [1.165, 1.54) is 6.33 Å². The molecule has 96 valence electrons. The minimum Gasteiger partial charge on any atom is -0.394 e. The van der Waals surface area contributed by atoms with Crippen LogP contribution >= 0.6 is 22.6 Å². The molecule has 1 aliphatic rings. The van der Waals surface area contributed by atoms with Gasteiger partial charge in [0, 0.05) is 10.3 Å². The average Bonchev–Trinajstić information content (AvgIpc) is 2.75. The molecule has 3 atom stereocenters. The van der Waals surface area contributed by atoms with Crippen LogP contribution in [0.4, 0.5) is 5.82 Å². The summed E-state index contributed by atoms with van der Waals surface area (Å²) in [4.78, 5) is 12.3. The first-order valence-corrected chi connectivity index (χ1v) is 7.04. The summed E-state index contributed by atoms with van der Waals surface area (Å²) in [5.74, 6) is 0.618. The maximum Gasteiger partial charge on any atom is 0.167 e. The number of aliphatic hydroxyl groups is 1. The first kappa shape index (κ1) is 12.1. The van der Waals surface area contributed by atoms with E-state index >= 15 is 0 Å². The van der Waals surface area contributed by atoms with E-state index in [0.717, 1.165) is 4.43 Å². The number of halogens is 1. The van der Waals surface area contributed by atoms with Gasteiger partial charge in [-0.15, -0.1) is 0 Å². The lowest BCUT2D eigenvalue weighted by atomic mass is 9.97. The number of alkyl halides is 1. The van der Waals surface area contributed by atoms with Gasteiger partial charge in [-0.1, -0.05) is 22.6 Å². The van der Waals surface area contributed by atoms with E-state index < -0.39 is 0 Å². The third-order valence-corrected chi connectivity index (χ3v) is 4.19. The summed E-state index contributed by atoms with van der Waals surface area (Å²) in [6, 6.07) is 0. The van der Waals surface area contributed by atoms with Crippen LogP contribution in [-0.4, -0.2) is 41.8 Å². The summed E-state index contributed by atoms with van der Waals surface area (Å²) in [6.45, 7) is 0.0356. The van der Waals surface area contributed by atoms with Gasteiger partial charge in [0.2, 0.25) is 0 Å². The SMILES string of the molecule is Nc1ncnc2c1ncn2[C@@H]1O[C@H](CO)[C@@H]1CI. The fourth-order valence-corrected chi connectivity index (χ4v) is 3.16. The molecule has 0 radical (unpaired) electrons. The molecule has 0 bridgehead atoms. The minimum atomic E-state index is -0.140. The van der Waals surface area contributed by atoms with Crippen LogP contribution in [0.3, 0.4) is 0 Å². The number of aromatic nitrogens is 4. The molecule has 0 unspecified atom stereocenters. The molecule has 3 rings (SSSR count). The van der Waals surface area contributed by atoms with E-state index in [1.54, 1.807) is 6.33 Å². The highest BCUT2D eigenvalue weighted by molar-refractivity contribution is 14.1. The Labute approximate surface area is 117 Å². The molecule has 2 aromatic heterocycles. The third-order valence-electron chi connectivity index (χ3n) is 3.18. The molecule has 0 saturated carbocycles. The largest absolute Gasteiger partial charge is 0.394 e. The predicted molar refractivity (Wildman–Crippen MR) is 73.1 cm³/mol. The number of nitrogens with zero attached hydrogens (tertiary/aromatic N) is 4. The number of fused-ring (bicyclic) bond motifs is 1. The molecular formula is C10H12IN5O2.